The molecular weight excluding hydrogens is 314 g/mol. The Morgan fingerprint density at radius 2 is 2.04 bits per heavy atom. The van der Waals surface area contributed by atoms with Crippen LogP contribution in [0.25, 0.3) is 0 Å². The third-order valence-corrected chi connectivity index (χ3v) is 3.41. The molecular formula is C13H21NO9. The average Bonchev–Trinajstić information content (AvgIpc) is 2.49. The van der Waals surface area contributed by atoms with E-state index in [1.165, 1.54) is 6.92 Å². The summed E-state index contributed by atoms with van der Waals surface area (Å²) in [5, 5.41) is 48.1. The molecule has 10 heteroatoms. The third kappa shape index (κ3) is 4.32. The van der Waals surface area contributed by atoms with Crippen LogP contribution in [0.4, 0.5) is 0 Å². The number of ether oxygens (including phenoxy) is 2. The van der Waals surface area contributed by atoms with Crippen molar-refractivity contribution in [3.63, 3.8) is 0 Å². The first kappa shape index (κ1) is 19.6. The van der Waals surface area contributed by atoms with E-state index in [0.29, 0.717) is 0 Å². The predicted molar refractivity (Wildman–Crippen MR) is 73.4 cm³/mol. The minimum Gasteiger partial charge on any atom is -0.394 e. The van der Waals surface area contributed by atoms with Gasteiger partial charge in [0, 0.05) is 12.0 Å². The highest BCUT2D eigenvalue weighted by molar-refractivity contribution is 5.97. The summed E-state index contributed by atoms with van der Waals surface area (Å²) in [4.78, 5) is 23.2. The molecule has 23 heavy (non-hydrogen) atoms. The van der Waals surface area contributed by atoms with Gasteiger partial charge in [-0.05, 0) is 6.92 Å². The lowest BCUT2D eigenvalue weighted by Crippen LogP contribution is -2.66. The Balaban J connectivity index is 2.96. The molecule has 0 radical (unpaired) electrons. The Hall–Kier alpha value is -1.40. The summed E-state index contributed by atoms with van der Waals surface area (Å²) in [5.74, 6) is -5.39. The lowest BCUT2D eigenvalue weighted by molar-refractivity contribution is -0.293. The van der Waals surface area contributed by atoms with E-state index in [9.17, 15) is 30.0 Å². The van der Waals surface area contributed by atoms with Gasteiger partial charge in [-0.15, -0.1) is 0 Å². The molecule has 0 aromatic heterocycles. The van der Waals surface area contributed by atoms with Gasteiger partial charge in [0.15, 0.2) is 0 Å². The normalized spacial score (nSPS) is 33.6. The standard InChI is InChI=1S/C13H21NO9/c1-5(2)11(19)22-12(20)13(21)3-6(16)8(14)10(23-13)9(18)7(17)4-15/h6-10,15-18,21H,1,3-4,14H2,2H3/t6-,7+,8+,9+,10+,13-/m0/s1. The predicted octanol–water partition coefficient (Wildman–Crippen LogP) is -3.49. The van der Waals surface area contributed by atoms with Crippen molar-refractivity contribution in [1.29, 1.82) is 0 Å². The SMILES string of the molecule is C=C(C)C(=O)OC(=O)[C@]1(O)C[C@H](O)[C@@H](N)[C@H]([C@H](O)[C@H](O)CO)O1. The first-order valence-electron chi connectivity index (χ1n) is 6.76. The topological polar surface area (TPSA) is 180 Å². The van der Waals surface area contributed by atoms with Crippen LogP contribution in [0, 0.1) is 0 Å². The second-order valence-electron chi connectivity index (χ2n) is 5.41. The maximum Gasteiger partial charge on any atom is 0.374 e. The van der Waals surface area contributed by atoms with Gasteiger partial charge in [-0.2, -0.15) is 0 Å². The highest BCUT2D eigenvalue weighted by atomic mass is 16.7. The van der Waals surface area contributed by atoms with Crippen LogP contribution < -0.4 is 5.73 Å². The van der Waals surface area contributed by atoms with Crippen molar-refractivity contribution in [2.24, 2.45) is 5.73 Å². The number of nitrogens with two attached hydrogens (primary N) is 1. The first-order chi connectivity index (χ1) is 10.5. The summed E-state index contributed by atoms with van der Waals surface area (Å²) in [6.07, 6.45) is -7.31. The summed E-state index contributed by atoms with van der Waals surface area (Å²) < 4.78 is 9.33. The monoisotopic (exact) mass is 335 g/mol. The Morgan fingerprint density at radius 1 is 1.48 bits per heavy atom. The van der Waals surface area contributed by atoms with Crippen molar-refractivity contribution in [3.05, 3.63) is 12.2 Å². The van der Waals surface area contributed by atoms with Crippen molar-refractivity contribution < 1.29 is 44.6 Å². The number of carbonyl (C=O) groups excluding carboxylic acids is 2. The largest absolute Gasteiger partial charge is 0.394 e. The van der Waals surface area contributed by atoms with Gasteiger partial charge < -0.3 is 40.7 Å². The molecule has 0 saturated carbocycles. The van der Waals surface area contributed by atoms with Gasteiger partial charge in [-0.1, -0.05) is 6.58 Å². The highest BCUT2D eigenvalue weighted by Crippen LogP contribution is 2.30. The Morgan fingerprint density at radius 3 is 2.52 bits per heavy atom. The van der Waals surface area contributed by atoms with Crippen LogP contribution in [-0.2, 0) is 19.1 Å². The number of aliphatic hydroxyl groups is 5. The fourth-order valence-electron chi connectivity index (χ4n) is 2.00. The second kappa shape index (κ2) is 7.45. The zero-order valence-corrected chi connectivity index (χ0v) is 12.5. The molecule has 7 N–H and O–H groups in total. The zero-order chi connectivity index (χ0) is 17.9. The molecule has 1 aliphatic heterocycles. The highest BCUT2D eigenvalue weighted by Gasteiger charge is 2.53. The fourth-order valence-corrected chi connectivity index (χ4v) is 2.00. The van der Waals surface area contributed by atoms with Crippen LogP contribution in [-0.4, -0.2) is 80.3 Å². The molecule has 0 aromatic carbocycles. The van der Waals surface area contributed by atoms with Crippen molar-refractivity contribution in [3.8, 4) is 0 Å². The molecule has 0 aliphatic carbocycles. The van der Waals surface area contributed by atoms with Crippen LogP contribution >= 0.6 is 0 Å². The summed E-state index contributed by atoms with van der Waals surface area (Å²) in [5.41, 5.74) is 5.51. The molecule has 0 spiro atoms. The van der Waals surface area contributed by atoms with Crippen molar-refractivity contribution in [1.82, 2.24) is 0 Å². The molecule has 0 unspecified atom stereocenters. The minimum atomic E-state index is -2.76. The van der Waals surface area contributed by atoms with E-state index in [4.69, 9.17) is 15.6 Å². The molecule has 1 fully saturated rings. The van der Waals surface area contributed by atoms with Crippen molar-refractivity contribution in [2.75, 3.05) is 6.61 Å². The van der Waals surface area contributed by atoms with Gasteiger partial charge in [-0.25, -0.2) is 9.59 Å². The van der Waals surface area contributed by atoms with E-state index in [2.05, 4.69) is 11.3 Å². The molecule has 132 valence electrons. The van der Waals surface area contributed by atoms with E-state index in [1.54, 1.807) is 0 Å². The summed E-state index contributed by atoms with van der Waals surface area (Å²) in [6, 6.07) is -1.27. The number of rotatable bonds is 5. The van der Waals surface area contributed by atoms with E-state index >= 15 is 0 Å². The Labute approximate surface area is 131 Å². The zero-order valence-electron chi connectivity index (χ0n) is 12.5. The maximum absolute atomic E-state index is 11.9. The number of esters is 2. The average molecular weight is 335 g/mol. The van der Waals surface area contributed by atoms with Crippen LogP contribution in [0.1, 0.15) is 13.3 Å². The third-order valence-electron chi connectivity index (χ3n) is 3.41. The van der Waals surface area contributed by atoms with Crippen LogP contribution in [0.5, 0.6) is 0 Å². The van der Waals surface area contributed by atoms with Gasteiger partial charge in [0.25, 0.3) is 5.79 Å². The van der Waals surface area contributed by atoms with E-state index < -0.39 is 61.2 Å². The molecule has 0 aromatic rings. The molecule has 1 aliphatic rings. The Bertz CT molecular complexity index is 482. The Kier molecular flexibility index (Phi) is 6.36. The van der Waals surface area contributed by atoms with E-state index in [-0.39, 0.29) is 5.57 Å². The van der Waals surface area contributed by atoms with Crippen LogP contribution in [0.3, 0.4) is 0 Å². The van der Waals surface area contributed by atoms with E-state index in [1.807, 2.05) is 0 Å². The molecule has 10 nitrogen and oxygen atoms in total. The number of carbonyl (C=O) groups is 2. The number of hydrogen-bond donors (Lipinski definition) is 6. The maximum atomic E-state index is 11.9. The number of hydrogen-bond acceptors (Lipinski definition) is 10. The smallest absolute Gasteiger partial charge is 0.374 e. The quantitative estimate of drug-likeness (QED) is 0.168. The first-order valence-corrected chi connectivity index (χ1v) is 6.76. The van der Waals surface area contributed by atoms with Crippen LogP contribution in [0.2, 0.25) is 0 Å². The number of aliphatic hydroxyl groups excluding tert-OH is 4. The molecule has 1 heterocycles. The van der Waals surface area contributed by atoms with Gasteiger partial charge in [0.05, 0.1) is 18.8 Å². The van der Waals surface area contributed by atoms with Gasteiger partial charge in [-0.3, -0.25) is 0 Å². The fraction of sp³-hybridized carbons (Fsp3) is 0.692. The molecule has 6 atom stereocenters. The van der Waals surface area contributed by atoms with Crippen molar-refractivity contribution in [2.45, 2.75) is 49.6 Å². The summed E-state index contributed by atoms with van der Waals surface area (Å²) in [6.45, 7) is 3.69. The summed E-state index contributed by atoms with van der Waals surface area (Å²) >= 11 is 0. The lowest BCUT2D eigenvalue weighted by Gasteiger charge is -2.43. The molecule has 1 saturated heterocycles. The minimum absolute atomic E-state index is 0.109. The van der Waals surface area contributed by atoms with Gasteiger partial charge >= 0.3 is 11.9 Å². The van der Waals surface area contributed by atoms with Gasteiger partial charge in [0.2, 0.25) is 0 Å². The van der Waals surface area contributed by atoms with Crippen molar-refractivity contribution >= 4 is 11.9 Å². The van der Waals surface area contributed by atoms with Crippen LogP contribution in [0.15, 0.2) is 12.2 Å². The molecule has 1 rings (SSSR count). The molecule has 0 amide bonds. The lowest BCUT2D eigenvalue weighted by atomic mass is 9.89. The van der Waals surface area contributed by atoms with E-state index in [0.717, 1.165) is 0 Å². The summed E-state index contributed by atoms with van der Waals surface area (Å²) in [7, 11) is 0. The molecule has 0 bridgehead atoms. The van der Waals surface area contributed by atoms with Gasteiger partial charge in [0.1, 0.15) is 18.3 Å². The second-order valence-corrected chi connectivity index (χ2v) is 5.41.